The van der Waals surface area contributed by atoms with Crippen molar-refractivity contribution in [3.63, 3.8) is 0 Å². The Morgan fingerprint density at radius 3 is 2.45 bits per heavy atom. The highest BCUT2D eigenvalue weighted by Crippen LogP contribution is 2.26. The number of carboxylic acid groups (broad SMARTS) is 1. The molecule has 0 aromatic rings. The smallest absolute Gasteiger partial charge is 0.411 e. The average molecular weight is 295 g/mol. The fraction of sp³-hybridized carbons (Fsp3) is 0.833. The van der Waals surface area contributed by atoms with E-state index in [1.165, 1.54) is 0 Å². The summed E-state index contributed by atoms with van der Waals surface area (Å²) in [5.41, 5.74) is -0.752. The largest absolute Gasteiger partial charge is 0.480 e. The SMILES string of the molecule is CC(C)(C)OC(=O)N1CC(COC(F)F)CC1C(=O)O. The molecule has 0 aliphatic carbocycles. The van der Waals surface area contributed by atoms with E-state index in [4.69, 9.17) is 9.84 Å². The molecule has 1 aliphatic heterocycles. The summed E-state index contributed by atoms with van der Waals surface area (Å²) in [6, 6.07) is -1.07. The first-order valence-corrected chi connectivity index (χ1v) is 6.22. The molecule has 1 fully saturated rings. The van der Waals surface area contributed by atoms with Crippen molar-refractivity contribution in [2.24, 2.45) is 5.92 Å². The second kappa shape index (κ2) is 6.34. The summed E-state index contributed by atoms with van der Waals surface area (Å²) >= 11 is 0. The van der Waals surface area contributed by atoms with Crippen LogP contribution in [-0.2, 0) is 14.3 Å². The molecule has 6 nitrogen and oxygen atoms in total. The number of hydrogen-bond donors (Lipinski definition) is 1. The van der Waals surface area contributed by atoms with Gasteiger partial charge in [-0.25, -0.2) is 9.59 Å². The second-order valence-electron chi connectivity index (χ2n) is 5.68. The molecule has 1 amide bonds. The molecule has 0 bridgehead atoms. The van der Waals surface area contributed by atoms with Gasteiger partial charge in [0.25, 0.3) is 0 Å². The molecule has 116 valence electrons. The zero-order chi connectivity index (χ0) is 15.5. The van der Waals surface area contributed by atoms with E-state index in [-0.39, 0.29) is 19.6 Å². The van der Waals surface area contributed by atoms with Crippen LogP contribution in [0.2, 0.25) is 0 Å². The number of carbonyl (C=O) groups is 2. The van der Waals surface area contributed by atoms with E-state index in [2.05, 4.69) is 4.74 Å². The standard InChI is InChI=1S/C12H19F2NO5/c1-12(2,3)20-11(18)15-5-7(6-19-10(13)14)4-8(15)9(16)17/h7-8,10H,4-6H2,1-3H3,(H,16,17). The third-order valence-corrected chi connectivity index (χ3v) is 2.76. The quantitative estimate of drug-likeness (QED) is 0.857. The molecular weight excluding hydrogens is 276 g/mol. The number of carbonyl (C=O) groups excluding carboxylic acids is 1. The van der Waals surface area contributed by atoms with E-state index in [0.717, 1.165) is 4.90 Å². The zero-order valence-electron chi connectivity index (χ0n) is 11.6. The minimum Gasteiger partial charge on any atom is -0.480 e. The van der Waals surface area contributed by atoms with Crippen LogP contribution in [0.25, 0.3) is 0 Å². The highest BCUT2D eigenvalue weighted by Gasteiger charge is 2.41. The maximum absolute atomic E-state index is 12.0. The third-order valence-electron chi connectivity index (χ3n) is 2.76. The molecule has 20 heavy (non-hydrogen) atoms. The van der Waals surface area contributed by atoms with Crippen LogP contribution >= 0.6 is 0 Å². The monoisotopic (exact) mass is 295 g/mol. The third kappa shape index (κ3) is 4.92. The van der Waals surface area contributed by atoms with Crippen molar-refractivity contribution in [3.8, 4) is 0 Å². The van der Waals surface area contributed by atoms with Gasteiger partial charge in [0.15, 0.2) is 0 Å². The summed E-state index contributed by atoms with van der Waals surface area (Å²) < 4.78 is 33.2. The van der Waals surface area contributed by atoms with Crippen molar-refractivity contribution in [3.05, 3.63) is 0 Å². The highest BCUT2D eigenvalue weighted by atomic mass is 19.3. The van der Waals surface area contributed by atoms with E-state index in [1.54, 1.807) is 20.8 Å². The van der Waals surface area contributed by atoms with Crippen molar-refractivity contribution in [2.75, 3.05) is 13.2 Å². The molecule has 2 unspecified atom stereocenters. The van der Waals surface area contributed by atoms with Gasteiger partial charge in [-0.3, -0.25) is 4.90 Å². The van der Waals surface area contributed by atoms with E-state index >= 15 is 0 Å². The molecule has 1 saturated heterocycles. The lowest BCUT2D eigenvalue weighted by molar-refractivity contribution is -0.142. The summed E-state index contributed by atoms with van der Waals surface area (Å²) in [4.78, 5) is 24.1. The Labute approximate surface area is 115 Å². The van der Waals surface area contributed by atoms with Crippen molar-refractivity contribution < 1.29 is 33.0 Å². The molecule has 1 aliphatic rings. The predicted molar refractivity (Wildman–Crippen MR) is 64.4 cm³/mol. The Morgan fingerprint density at radius 1 is 1.40 bits per heavy atom. The van der Waals surface area contributed by atoms with Gasteiger partial charge >= 0.3 is 18.7 Å². The fourth-order valence-electron chi connectivity index (χ4n) is 2.01. The Morgan fingerprint density at radius 2 is 2.00 bits per heavy atom. The van der Waals surface area contributed by atoms with Crippen LogP contribution in [0.3, 0.4) is 0 Å². The first-order valence-electron chi connectivity index (χ1n) is 6.22. The number of ether oxygens (including phenoxy) is 2. The van der Waals surface area contributed by atoms with Gasteiger partial charge in [0.05, 0.1) is 6.61 Å². The maximum Gasteiger partial charge on any atom is 0.411 e. The van der Waals surface area contributed by atoms with Crippen LogP contribution in [-0.4, -0.2) is 53.5 Å². The normalized spacial score (nSPS) is 23.2. The lowest BCUT2D eigenvalue weighted by Crippen LogP contribution is -2.43. The molecule has 1 N–H and O–H groups in total. The van der Waals surface area contributed by atoms with Gasteiger partial charge in [0, 0.05) is 12.5 Å². The molecule has 8 heteroatoms. The molecule has 0 aromatic heterocycles. The van der Waals surface area contributed by atoms with Gasteiger partial charge in [-0.1, -0.05) is 0 Å². The van der Waals surface area contributed by atoms with E-state index < -0.39 is 36.2 Å². The summed E-state index contributed by atoms with van der Waals surface area (Å²) in [6.07, 6.45) is -0.689. The number of alkyl halides is 2. The number of likely N-dealkylation sites (tertiary alicyclic amines) is 1. The Bertz CT molecular complexity index is 369. The fourth-order valence-corrected chi connectivity index (χ4v) is 2.01. The van der Waals surface area contributed by atoms with Gasteiger partial charge in [-0.05, 0) is 27.2 Å². The Kier molecular flexibility index (Phi) is 5.27. The van der Waals surface area contributed by atoms with Crippen molar-refractivity contribution in [1.29, 1.82) is 0 Å². The van der Waals surface area contributed by atoms with E-state index in [1.807, 2.05) is 0 Å². The Balaban J connectivity index is 2.67. The number of nitrogens with zero attached hydrogens (tertiary/aromatic N) is 1. The first-order chi connectivity index (χ1) is 9.10. The van der Waals surface area contributed by atoms with E-state index in [9.17, 15) is 18.4 Å². The topological polar surface area (TPSA) is 76.1 Å². The predicted octanol–water partition coefficient (Wildman–Crippen LogP) is 1.94. The molecule has 1 rings (SSSR count). The first kappa shape index (κ1) is 16.6. The van der Waals surface area contributed by atoms with Crippen LogP contribution in [0.1, 0.15) is 27.2 Å². The molecular formula is C12H19F2NO5. The second-order valence-corrected chi connectivity index (χ2v) is 5.68. The lowest BCUT2D eigenvalue weighted by atomic mass is 10.1. The summed E-state index contributed by atoms with van der Waals surface area (Å²) in [7, 11) is 0. The number of halogens is 2. The van der Waals surface area contributed by atoms with Gasteiger partial charge < -0.3 is 14.6 Å². The number of rotatable bonds is 4. The summed E-state index contributed by atoms with van der Waals surface area (Å²) in [6.45, 7) is 1.81. The van der Waals surface area contributed by atoms with E-state index in [0.29, 0.717) is 0 Å². The van der Waals surface area contributed by atoms with Gasteiger partial charge in [0.1, 0.15) is 11.6 Å². The van der Waals surface area contributed by atoms with Crippen molar-refractivity contribution in [1.82, 2.24) is 4.90 Å². The van der Waals surface area contributed by atoms with Gasteiger partial charge in [0.2, 0.25) is 0 Å². The minimum atomic E-state index is -2.91. The van der Waals surface area contributed by atoms with Crippen LogP contribution in [0.15, 0.2) is 0 Å². The van der Waals surface area contributed by atoms with Crippen molar-refractivity contribution in [2.45, 2.75) is 45.4 Å². The van der Waals surface area contributed by atoms with Crippen molar-refractivity contribution >= 4 is 12.1 Å². The highest BCUT2D eigenvalue weighted by molar-refractivity contribution is 5.81. The van der Waals surface area contributed by atoms with Crippen LogP contribution in [0, 0.1) is 5.92 Å². The van der Waals surface area contributed by atoms with Crippen LogP contribution < -0.4 is 0 Å². The van der Waals surface area contributed by atoms with Gasteiger partial charge in [-0.2, -0.15) is 8.78 Å². The molecule has 0 saturated carbocycles. The van der Waals surface area contributed by atoms with Crippen LogP contribution in [0.4, 0.5) is 13.6 Å². The van der Waals surface area contributed by atoms with Crippen LogP contribution in [0.5, 0.6) is 0 Å². The molecule has 1 heterocycles. The Hall–Kier alpha value is -1.44. The average Bonchev–Trinajstić information content (AvgIpc) is 2.68. The molecule has 0 aromatic carbocycles. The number of aliphatic carboxylic acids is 1. The summed E-state index contributed by atoms with van der Waals surface area (Å²) in [5, 5.41) is 9.09. The zero-order valence-corrected chi connectivity index (χ0v) is 11.6. The lowest BCUT2D eigenvalue weighted by Gasteiger charge is -2.26. The minimum absolute atomic E-state index is 0.0264. The molecule has 0 radical (unpaired) electrons. The molecule has 0 spiro atoms. The summed E-state index contributed by atoms with van der Waals surface area (Å²) in [5.74, 6) is -1.63. The number of hydrogen-bond acceptors (Lipinski definition) is 4. The molecule has 2 atom stereocenters. The number of carboxylic acids is 1. The number of amides is 1. The maximum atomic E-state index is 12.0. The van der Waals surface area contributed by atoms with Gasteiger partial charge in [-0.15, -0.1) is 0 Å².